The Morgan fingerprint density at radius 1 is 1.27 bits per heavy atom. The number of benzene rings is 2. The van der Waals surface area contributed by atoms with Crippen LogP contribution in [-0.4, -0.2) is 35.5 Å². The molecule has 0 saturated heterocycles. The molecule has 7 nitrogen and oxygen atoms in total. The molecule has 2 unspecified atom stereocenters. The molecule has 2 aromatic rings. The van der Waals surface area contributed by atoms with Gasteiger partial charge in [-0.15, -0.1) is 12.4 Å². The molecule has 0 saturated carbocycles. The number of nitrogens with two attached hydrogens (primary N) is 1. The summed E-state index contributed by atoms with van der Waals surface area (Å²) in [4.78, 5) is 0. The lowest BCUT2D eigenvalue weighted by molar-refractivity contribution is 0.0294. The number of aromatic hydroxyl groups is 1. The van der Waals surface area contributed by atoms with Crippen LogP contribution in [0, 0.1) is 26.2 Å². The van der Waals surface area contributed by atoms with Crippen molar-refractivity contribution in [3.63, 3.8) is 0 Å². The minimum atomic E-state index is -0.522. The summed E-state index contributed by atoms with van der Waals surface area (Å²) in [5, 5.41) is 30.4. The molecule has 0 aromatic heterocycles. The Hall–Kier alpha value is -2.64. The molecule has 1 aliphatic rings. The Morgan fingerprint density at radius 3 is 2.58 bits per heavy atom. The normalized spacial score (nSPS) is 17.9. The maximum atomic E-state index is 10.5. The van der Waals surface area contributed by atoms with Crippen LogP contribution in [0.15, 0.2) is 18.2 Å². The van der Waals surface area contributed by atoms with E-state index in [9.17, 15) is 10.2 Å². The van der Waals surface area contributed by atoms with Crippen LogP contribution in [0.3, 0.4) is 0 Å². The topological polar surface area (TPSA) is 121 Å². The summed E-state index contributed by atoms with van der Waals surface area (Å²) < 4.78 is 12.5. The quantitative estimate of drug-likeness (QED) is 0.291. The fourth-order valence-corrected chi connectivity index (χ4v) is 4.83. The van der Waals surface area contributed by atoms with Crippen LogP contribution < -0.4 is 20.5 Å². The summed E-state index contributed by atoms with van der Waals surface area (Å²) in [6.07, 6.45) is 2.94. The standard InChI is InChI=1S/C25H35N3O4.ClH/c1-14-15(2)23-18(16(3)22(14)30)10-11-25(4,32-23)20(7-6-12-29)19-9-8-17(28-24(26)27)13-21(19)31-5;/h8-9,13,20,29-30H,6-7,10-12H2,1-5H3,(H4,26,27,28);1H. The minimum absolute atomic E-state index is 0. The van der Waals surface area contributed by atoms with Gasteiger partial charge in [-0.1, -0.05) is 6.07 Å². The zero-order valence-corrected chi connectivity index (χ0v) is 20.9. The van der Waals surface area contributed by atoms with E-state index >= 15 is 0 Å². The zero-order valence-electron chi connectivity index (χ0n) is 20.0. The van der Waals surface area contributed by atoms with Crippen molar-refractivity contribution in [2.75, 3.05) is 19.0 Å². The van der Waals surface area contributed by atoms with E-state index in [0.717, 1.165) is 52.8 Å². The van der Waals surface area contributed by atoms with E-state index in [1.807, 2.05) is 39.0 Å². The van der Waals surface area contributed by atoms with E-state index in [4.69, 9.17) is 20.6 Å². The van der Waals surface area contributed by atoms with Gasteiger partial charge in [0.05, 0.1) is 7.11 Å². The number of phenolic OH excluding ortho intramolecular Hbond substituents is 1. The number of guanidine groups is 1. The van der Waals surface area contributed by atoms with Crippen LogP contribution in [0.5, 0.6) is 17.2 Å². The molecule has 2 aromatic carbocycles. The van der Waals surface area contributed by atoms with Gasteiger partial charge in [0, 0.05) is 35.4 Å². The molecule has 0 radical (unpaired) electrons. The number of aliphatic hydroxyl groups is 1. The first-order valence-corrected chi connectivity index (χ1v) is 11.0. The molecule has 1 aliphatic heterocycles. The summed E-state index contributed by atoms with van der Waals surface area (Å²) >= 11 is 0. The van der Waals surface area contributed by atoms with Crippen molar-refractivity contribution in [3.8, 4) is 17.2 Å². The summed E-state index contributed by atoms with van der Waals surface area (Å²) in [5.41, 5.74) is 10.4. The van der Waals surface area contributed by atoms with E-state index in [1.54, 1.807) is 7.11 Å². The molecule has 0 aliphatic carbocycles. The molecule has 3 rings (SSSR count). The first-order chi connectivity index (χ1) is 15.1. The second-order valence-electron chi connectivity index (χ2n) is 8.86. The monoisotopic (exact) mass is 477 g/mol. The fourth-order valence-electron chi connectivity index (χ4n) is 4.83. The van der Waals surface area contributed by atoms with Crippen LogP contribution in [0.25, 0.3) is 0 Å². The number of rotatable bonds is 7. The van der Waals surface area contributed by atoms with Crippen LogP contribution in [0.2, 0.25) is 0 Å². The number of anilines is 1. The molecule has 0 amide bonds. The lowest BCUT2D eigenvalue weighted by Crippen LogP contribution is -2.43. The van der Waals surface area contributed by atoms with Gasteiger partial charge >= 0.3 is 0 Å². The van der Waals surface area contributed by atoms with Gasteiger partial charge in [-0.05, 0) is 76.1 Å². The van der Waals surface area contributed by atoms with Crippen molar-refractivity contribution in [2.45, 2.75) is 64.9 Å². The van der Waals surface area contributed by atoms with E-state index in [1.165, 1.54) is 0 Å². The number of fused-ring (bicyclic) bond motifs is 1. The Morgan fingerprint density at radius 2 is 1.97 bits per heavy atom. The lowest BCUT2D eigenvalue weighted by atomic mass is 9.74. The van der Waals surface area contributed by atoms with Crippen LogP contribution in [-0.2, 0) is 6.42 Å². The van der Waals surface area contributed by atoms with Crippen molar-refractivity contribution in [3.05, 3.63) is 46.0 Å². The van der Waals surface area contributed by atoms with E-state index in [0.29, 0.717) is 23.6 Å². The summed E-state index contributed by atoms with van der Waals surface area (Å²) in [6.45, 7) is 8.07. The third kappa shape index (κ3) is 5.14. The highest BCUT2D eigenvalue weighted by Gasteiger charge is 2.42. The maximum absolute atomic E-state index is 10.5. The number of ether oxygens (including phenoxy) is 2. The second kappa shape index (κ2) is 10.5. The van der Waals surface area contributed by atoms with Gasteiger partial charge in [0.2, 0.25) is 0 Å². The zero-order chi connectivity index (χ0) is 23.6. The highest BCUT2D eigenvalue weighted by Crippen LogP contribution is 2.49. The smallest absolute Gasteiger partial charge is 0.190 e. The summed E-state index contributed by atoms with van der Waals surface area (Å²) in [6, 6.07) is 5.69. The molecule has 2 atom stereocenters. The van der Waals surface area contributed by atoms with Crippen molar-refractivity contribution in [1.29, 1.82) is 5.41 Å². The number of halogens is 1. The first kappa shape index (κ1) is 26.6. The average Bonchev–Trinajstić information content (AvgIpc) is 2.76. The Labute approximate surface area is 202 Å². The van der Waals surface area contributed by atoms with Gasteiger partial charge < -0.3 is 30.7 Å². The number of nitrogens with one attached hydrogen (secondary N) is 2. The third-order valence-electron chi connectivity index (χ3n) is 6.82. The molecule has 8 heteroatoms. The van der Waals surface area contributed by atoms with Crippen LogP contribution in [0.1, 0.15) is 59.9 Å². The van der Waals surface area contributed by atoms with Crippen LogP contribution in [0.4, 0.5) is 5.69 Å². The highest BCUT2D eigenvalue weighted by molar-refractivity contribution is 5.90. The Balaban J connectivity index is 0.00000385. The maximum Gasteiger partial charge on any atom is 0.190 e. The number of aliphatic hydroxyl groups excluding tert-OH is 1. The molecule has 33 heavy (non-hydrogen) atoms. The van der Waals surface area contributed by atoms with Crippen molar-refractivity contribution >= 4 is 24.1 Å². The molecule has 0 spiro atoms. The largest absolute Gasteiger partial charge is 0.507 e. The summed E-state index contributed by atoms with van der Waals surface area (Å²) in [7, 11) is 1.62. The Bertz CT molecular complexity index is 1030. The first-order valence-electron chi connectivity index (χ1n) is 11.0. The molecular weight excluding hydrogens is 442 g/mol. The number of phenols is 1. The molecule has 0 bridgehead atoms. The molecule has 182 valence electrons. The van der Waals surface area contributed by atoms with Crippen molar-refractivity contribution < 1.29 is 19.7 Å². The lowest BCUT2D eigenvalue weighted by Gasteiger charge is -2.43. The summed E-state index contributed by atoms with van der Waals surface area (Å²) in [5.74, 6) is 1.72. The van der Waals surface area contributed by atoms with Crippen LogP contribution >= 0.6 is 12.4 Å². The minimum Gasteiger partial charge on any atom is -0.507 e. The van der Waals surface area contributed by atoms with E-state index in [-0.39, 0.29) is 30.9 Å². The van der Waals surface area contributed by atoms with Gasteiger partial charge in [0.15, 0.2) is 5.96 Å². The van der Waals surface area contributed by atoms with Gasteiger partial charge in [0.1, 0.15) is 22.8 Å². The molecule has 1 heterocycles. The van der Waals surface area contributed by atoms with Gasteiger partial charge in [-0.3, -0.25) is 5.41 Å². The fraction of sp³-hybridized carbons (Fsp3) is 0.480. The van der Waals surface area contributed by atoms with E-state index in [2.05, 4.69) is 12.2 Å². The average molecular weight is 478 g/mol. The highest BCUT2D eigenvalue weighted by atomic mass is 35.5. The van der Waals surface area contributed by atoms with E-state index < -0.39 is 5.60 Å². The van der Waals surface area contributed by atoms with Gasteiger partial charge in [-0.25, -0.2) is 0 Å². The second-order valence-corrected chi connectivity index (χ2v) is 8.86. The molecule has 6 N–H and O–H groups in total. The number of hydrogen-bond acceptors (Lipinski definition) is 5. The predicted octanol–water partition coefficient (Wildman–Crippen LogP) is 4.69. The third-order valence-corrected chi connectivity index (χ3v) is 6.82. The Kier molecular flexibility index (Phi) is 8.49. The van der Waals surface area contributed by atoms with Gasteiger partial charge in [0.25, 0.3) is 0 Å². The van der Waals surface area contributed by atoms with Crippen molar-refractivity contribution in [1.82, 2.24) is 0 Å². The van der Waals surface area contributed by atoms with Gasteiger partial charge in [-0.2, -0.15) is 0 Å². The number of hydrogen-bond donors (Lipinski definition) is 5. The molecule has 0 fully saturated rings. The van der Waals surface area contributed by atoms with Crippen molar-refractivity contribution in [2.24, 2.45) is 5.73 Å². The number of methoxy groups -OCH3 is 1. The predicted molar refractivity (Wildman–Crippen MR) is 135 cm³/mol. The SMILES string of the molecule is COc1cc(NC(=N)N)ccc1C(CCCO)C1(C)CCc2c(C)c(O)c(C)c(C)c2O1.Cl. The molecular formula is C25H36ClN3O4.